The topological polar surface area (TPSA) is 57.2 Å². The van der Waals surface area contributed by atoms with Gasteiger partial charge in [-0.2, -0.15) is 0 Å². The molecule has 0 aromatic carbocycles. The zero-order chi connectivity index (χ0) is 21.6. The van der Waals surface area contributed by atoms with E-state index in [9.17, 15) is 5.11 Å². The fourth-order valence-corrected chi connectivity index (χ4v) is 6.10. The standard InChI is InChI=1S/C22H44O5Si/c1-19(2,3)26-18-11-16-17(27-28(9,10)20(4,5)6)12-21(18,7)13-22(16,23)14-25-15-24-8/h16-18,23H,11-15H2,1-10H3/t16-,17+,18+,21+,22+/m1/s1. The first-order valence-electron chi connectivity index (χ1n) is 10.7. The van der Waals surface area contributed by atoms with Crippen LogP contribution in [0.15, 0.2) is 0 Å². The lowest BCUT2D eigenvalue weighted by atomic mass is 9.52. The van der Waals surface area contributed by atoms with Gasteiger partial charge in [-0.15, -0.1) is 0 Å². The maximum Gasteiger partial charge on any atom is 0.192 e. The molecule has 3 fully saturated rings. The van der Waals surface area contributed by atoms with Crippen LogP contribution in [-0.2, 0) is 18.6 Å². The van der Waals surface area contributed by atoms with Gasteiger partial charge in [-0.05, 0) is 63.6 Å². The first-order chi connectivity index (χ1) is 12.5. The molecule has 0 unspecified atom stereocenters. The normalized spacial score (nSPS) is 36.8. The maximum atomic E-state index is 11.6. The van der Waals surface area contributed by atoms with Crippen LogP contribution < -0.4 is 0 Å². The molecule has 0 aromatic heterocycles. The molecule has 2 bridgehead atoms. The van der Waals surface area contributed by atoms with Gasteiger partial charge >= 0.3 is 0 Å². The summed E-state index contributed by atoms with van der Waals surface area (Å²) >= 11 is 0. The summed E-state index contributed by atoms with van der Waals surface area (Å²) in [5, 5.41) is 11.8. The Morgan fingerprint density at radius 1 is 1.11 bits per heavy atom. The third kappa shape index (κ3) is 5.19. The van der Waals surface area contributed by atoms with Gasteiger partial charge in [0.15, 0.2) is 8.32 Å². The van der Waals surface area contributed by atoms with Crippen LogP contribution in [0, 0.1) is 11.3 Å². The second-order valence-corrected chi connectivity index (χ2v) is 16.6. The molecule has 0 aliphatic heterocycles. The Morgan fingerprint density at radius 3 is 2.18 bits per heavy atom. The van der Waals surface area contributed by atoms with Crippen molar-refractivity contribution in [2.45, 2.75) is 109 Å². The highest BCUT2D eigenvalue weighted by molar-refractivity contribution is 6.74. The molecule has 0 radical (unpaired) electrons. The molecule has 3 saturated carbocycles. The lowest BCUT2D eigenvalue weighted by Gasteiger charge is -2.62. The second kappa shape index (κ2) is 7.93. The van der Waals surface area contributed by atoms with E-state index in [1.807, 2.05) is 0 Å². The summed E-state index contributed by atoms with van der Waals surface area (Å²) in [6.45, 7) is 20.4. The van der Waals surface area contributed by atoms with Crippen LogP contribution in [0.25, 0.3) is 0 Å². The van der Waals surface area contributed by atoms with E-state index in [1.54, 1.807) is 7.11 Å². The Bertz CT molecular complexity index is 538. The van der Waals surface area contributed by atoms with Crippen molar-refractivity contribution in [3.05, 3.63) is 0 Å². The summed E-state index contributed by atoms with van der Waals surface area (Å²) in [4.78, 5) is 0. The van der Waals surface area contributed by atoms with Crippen molar-refractivity contribution in [3.8, 4) is 0 Å². The van der Waals surface area contributed by atoms with Gasteiger partial charge in [-0.25, -0.2) is 0 Å². The summed E-state index contributed by atoms with van der Waals surface area (Å²) in [6, 6.07) is 0. The second-order valence-electron chi connectivity index (χ2n) is 11.9. The fraction of sp³-hybridized carbons (Fsp3) is 1.00. The number of methoxy groups -OCH3 is 1. The third-order valence-electron chi connectivity index (χ3n) is 7.06. The van der Waals surface area contributed by atoms with Gasteiger partial charge in [0.05, 0.1) is 30.0 Å². The van der Waals surface area contributed by atoms with Gasteiger partial charge in [0.1, 0.15) is 6.79 Å². The largest absolute Gasteiger partial charge is 0.414 e. The summed E-state index contributed by atoms with van der Waals surface area (Å²) in [7, 11) is -0.344. The van der Waals surface area contributed by atoms with Crippen LogP contribution in [0.5, 0.6) is 0 Å². The van der Waals surface area contributed by atoms with Crippen molar-refractivity contribution in [2.75, 3.05) is 20.5 Å². The molecule has 28 heavy (non-hydrogen) atoms. The van der Waals surface area contributed by atoms with Crippen LogP contribution in [-0.4, -0.2) is 57.3 Å². The Balaban J connectivity index is 2.29. The van der Waals surface area contributed by atoms with Gasteiger partial charge in [0.25, 0.3) is 0 Å². The Hall–Kier alpha value is 0.0169. The smallest absolute Gasteiger partial charge is 0.192 e. The zero-order valence-corrected chi connectivity index (χ0v) is 20.8. The van der Waals surface area contributed by atoms with E-state index in [4.69, 9.17) is 18.6 Å². The van der Waals surface area contributed by atoms with Gasteiger partial charge in [-0.1, -0.05) is 27.7 Å². The number of ether oxygens (including phenoxy) is 3. The molecule has 0 heterocycles. The predicted octanol–water partition coefficient (Wildman–Crippen LogP) is 4.73. The van der Waals surface area contributed by atoms with E-state index in [1.165, 1.54) is 0 Å². The summed E-state index contributed by atoms with van der Waals surface area (Å²) < 4.78 is 24.0. The van der Waals surface area contributed by atoms with Crippen molar-refractivity contribution in [3.63, 3.8) is 0 Å². The van der Waals surface area contributed by atoms with Crippen molar-refractivity contribution in [1.82, 2.24) is 0 Å². The summed E-state index contributed by atoms with van der Waals surface area (Å²) in [5.74, 6) is 0.00709. The monoisotopic (exact) mass is 416 g/mol. The maximum absolute atomic E-state index is 11.6. The molecule has 0 aromatic rings. The number of rotatable bonds is 7. The van der Waals surface area contributed by atoms with Gasteiger partial charge in [0.2, 0.25) is 0 Å². The van der Waals surface area contributed by atoms with Crippen molar-refractivity contribution in [2.24, 2.45) is 11.3 Å². The average Bonchev–Trinajstić information content (AvgIpc) is 2.46. The Labute approximate surface area is 173 Å². The fourth-order valence-electron chi connectivity index (χ4n) is 4.74. The molecule has 3 aliphatic carbocycles. The van der Waals surface area contributed by atoms with Gasteiger partial charge < -0.3 is 23.7 Å². The minimum atomic E-state index is -1.95. The highest BCUT2D eigenvalue weighted by atomic mass is 28.4. The SMILES string of the molecule is COCOC[C@@]1(O)C[C@]2(C)C[C@H](O[Si](C)(C)C(C)(C)C)[C@H]1C[C@@H]2OC(C)(C)C. The molecule has 5 atom stereocenters. The van der Waals surface area contributed by atoms with E-state index in [0.717, 1.165) is 12.8 Å². The number of hydrogen-bond donors (Lipinski definition) is 1. The van der Waals surface area contributed by atoms with Crippen molar-refractivity contribution in [1.29, 1.82) is 0 Å². The Morgan fingerprint density at radius 2 is 1.71 bits per heavy atom. The molecule has 0 amide bonds. The molecule has 0 spiro atoms. The molecule has 166 valence electrons. The first kappa shape index (κ1) is 24.3. The number of hydrogen-bond acceptors (Lipinski definition) is 5. The molecule has 6 heteroatoms. The van der Waals surface area contributed by atoms with Crippen LogP contribution in [0.2, 0.25) is 18.1 Å². The molecular formula is C22H44O5Si. The lowest BCUT2D eigenvalue weighted by Crippen LogP contribution is -2.67. The lowest BCUT2D eigenvalue weighted by molar-refractivity contribution is -0.262. The quantitative estimate of drug-likeness (QED) is 0.369. The molecule has 5 nitrogen and oxygen atoms in total. The van der Waals surface area contributed by atoms with Crippen molar-refractivity contribution >= 4 is 8.32 Å². The molecule has 3 aliphatic rings. The van der Waals surface area contributed by atoms with Crippen LogP contribution >= 0.6 is 0 Å². The minimum absolute atomic E-state index is 0.00709. The molecule has 3 rings (SSSR count). The van der Waals surface area contributed by atoms with Crippen LogP contribution in [0.1, 0.15) is 67.7 Å². The van der Waals surface area contributed by atoms with Crippen LogP contribution in [0.4, 0.5) is 0 Å². The van der Waals surface area contributed by atoms with E-state index in [2.05, 4.69) is 61.6 Å². The van der Waals surface area contributed by atoms with E-state index < -0.39 is 13.9 Å². The summed E-state index contributed by atoms with van der Waals surface area (Å²) in [6.07, 6.45) is 2.57. The minimum Gasteiger partial charge on any atom is -0.414 e. The third-order valence-corrected chi connectivity index (χ3v) is 11.6. The van der Waals surface area contributed by atoms with E-state index in [0.29, 0.717) is 6.42 Å². The van der Waals surface area contributed by atoms with E-state index >= 15 is 0 Å². The number of fused-ring (bicyclic) bond motifs is 3. The van der Waals surface area contributed by atoms with Crippen molar-refractivity contribution < 1.29 is 23.7 Å². The molecule has 1 N–H and O–H groups in total. The van der Waals surface area contributed by atoms with E-state index in [-0.39, 0.29) is 47.6 Å². The predicted molar refractivity (Wildman–Crippen MR) is 115 cm³/mol. The highest BCUT2D eigenvalue weighted by Crippen LogP contribution is 2.58. The Kier molecular flexibility index (Phi) is 6.88. The van der Waals surface area contributed by atoms with Gasteiger partial charge in [-0.3, -0.25) is 0 Å². The summed E-state index contributed by atoms with van der Waals surface area (Å²) in [5.41, 5.74) is -1.25. The highest BCUT2D eigenvalue weighted by Gasteiger charge is 2.62. The van der Waals surface area contributed by atoms with Gasteiger partial charge in [0, 0.05) is 13.0 Å². The molecule has 0 saturated heterocycles. The number of aliphatic hydroxyl groups is 1. The van der Waals surface area contributed by atoms with Crippen LogP contribution in [0.3, 0.4) is 0 Å². The average molecular weight is 417 g/mol. The zero-order valence-electron chi connectivity index (χ0n) is 19.8. The first-order valence-corrected chi connectivity index (χ1v) is 13.6. The molecular weight excluding hydrogens is 372 g/mol.